The van der Waals surface area contributed by atoms with Crippen molar-refractivity contribution in [2.75, 3.05) is 6.61 Å². The van der Waals surface area contributed by atoms with E-state index >= 15 is 0 Å². The predicted octanol–water partition coefficient (Wildman–Crippen LogP) is 4.15. The van der Waals surface area contributed by atoms with Crippen molar-refractivity contribution in [1.82, 2.24) is 0 Å². The van der Waals surface area contributed by atoms with Crippen LogP contribution in [-0.4, -0.2) is 6.61 Å². The van der Waals surface area contributed by atoms with E-state index in [0.717, 1.165) is 10.2 Å². The van der Waals surface area contributed by atoms with Gasteiger partial charge in [-0.2, -0.15) is 0 Å². The molecule has 0 spiro atoms. The fraction of sp³-hybridized carbons (Fsp3) is 0.500. The third-order valence-electron chi connectivity index (χ3n) is 2.10. The molecule has 0 bridgehead atoms. The van der Waals surface area contributed by atoms with Gasteiger partial charge in [0.05, 0.1) is 11.1 Å². The number of halogens is 1. The van der Waals surface area contributed by atoms with Gasteiger partial charge < -0.3 is 4.74 Å². The minimum absolute atomic E-state index is 0.173. The maximum atomic E-state index is 5.53. The molecular formula is C12H17BrO. The van der Waals surface area contributed by atoms with Gasteiger partial charge in [-0.05, 0) is 46.0 Å². The fourth-order valence-electron chi connectivity index (χ4n) is 1.24. The Labute approximate surface area is 94.6 Å². The van der Waals surface area contributed by atoms with Crippen molar-refractivity contribution >= 4 is 15.9 Å². The number of ether oxygens (including phenoxy) is 1. The zero-order chi connectivity index (χ0) is 10.8. The molecule has 0 radical (unpaired) electrons. The lowest BCUT2D eigenvalue weighted by atomic mass is 9.87. The van der Waals surface area contributed by atoms with E-state index in [0.29, 0.717) is 6.61 Å². The van der Waals surface area contributed by atoms with Gasteiger partial charge >= 0.3 is 0 Å². The summed E-state index contributed by atoms with van der Waals surface area (Å²) in [7, 11) is 0. The summed E-state index contributed by atoms with van der Waals surface area (Å²) in [5, 5.41) is 0. The van der Waals surface area contributed by atoms with Crippen LogP contribution >= 0.6 is 15.9 Å². The van der Waals surface area contributed by atoms with Crippen LogP contribution in [0.1, 0.15) is 33.3 Å². The molecule has 0 unspecified atom stereocenters. The molecule has 0 amide bonds. The van der Waals surface area contributed by atoms with Crippen molar-refractivity contribution in [2.24, 2.45) is 0 Å². The van der Waals surface area contributed by atoms with Crippen LogP contribution in [0.2, 0.25) is 0 Å². The monoisotopic (exact) mass is 256 g/mol. The first-order valence-electron chi connectivity index (χ1n) is 4.88. The van der Waals surface area contributed by atoms with Crippen LogP contribution in [0, 0.1) is 0 Å². The van der Waals surface area contributed by atoms with E-state index < -0.39 is 0 Å². The molecule has 1 aromatic rings. The number of rotatable bonds is 2. The minimum Gasteiger partial charge on any atom is -0.493 e. The second-order valence-corrected chi connectivity index (χ2v) is 5.18. The Kier molecular flexibility index (Phi) is 3.59. The molecule has 0 heterocycles. The Morgan fingerprint density at radius 3 is 2.43 bits per heavy atom. The quantitative estimate of drug-likeness (QED) is 0.773. The van der Waals surface area contributed by atoms with Gasteiger partial charge in [-0.1, -0.05) is 26.8 Å². The molecule has 0 aliphatic rings. The van der Waals surface area contributed by atoms with Crippen molar-refractivity contribution in [2.45, 2.75) is 33.1 Å². The summed E-state index contributed by atoms with van der Waals surface area (Å²) in [6.07, 6.45) is 0. The van der Waals surface area contributed by atoms with E-state index in [2.05, 4.69) is 48.8 Å². The van der Waals surface area contributed by atoms with Crippen LogP contribution in [0.3, 0.4) is 0 Å². The molecule has 1 aromatic carbocycles. The normalized spacial score (nSPS) is 11.5. The van der Waals surface area contributed by atoms with Crippen molar-refractivity contribution in [3.63, 3.8) is 0 Å². The number of benzene rings is 1. The highest BCUT2D eigenvalue weighted by Crippen LogP contribution is 2.31. The summed E-state index contributed by atoms with van der Waals surface area (Å²) in [4.78, 5) is 0. The van der Waals surface area contributed by atoms with Crippen LogP contribution in [0.5, 0.6) is 5.75 Å². The Morgan fingerprint density at radius 2 is 1.93 bits per heavy atom. The molecule has 0 atom stereocenters. The van der Waals surface area contributed by atoms with Crippen LogP contribution in [0.4, 0.5) is 0 Å². The van der Waals surface area contributed by atoms with Gasteiger partial charge in [0, 0.05) is 0 Å². The number of hydrogen-bond acceptors (Lipinski definition) is 1. The Balaban J connectivity index is 3.06. The second kappa shape index (κ2) is 4.35. The molecule has 0 aliphatic carbocycles. The summed E-state index contributed by atoms with van der Waals surface area (Å²) in [6.45, 7) is 9.30. The molecule has 78 valence electrons. The van der Waals surface area contributed by atoms with Gasteiger partial charge in [0.25, 0.3) is 0 Å². The lowest BCUT2D eigenvalue weighted by Crippen LogP contribution is -2.11. The van der Waals surface area contributed by atoms with E-state index in [4.69, 9.17) is 4.74 Å². The van der Waals surface area contributed by atoms with E-state index in [1.807, 2.05) is 13.0 Å². The van der Waals surface area contributed by atoms with Crippen molar-refractivity contribution in [1.29, 1.82) is 0 Å². The SMILES string of the molecule is CCOc1cc(C(C)(C)C)ccc1Br. The van der Waals surface area contributed by atoms with Gasteiger partial charge in [0.2, 0.25) is 0 Å². The smallest absolute Gasteiger partial charge is 0.133 e. The Hall–Kier alpha value is -0.500. The molecule has 0 saturated carbocycles. The Bertz CT molecular complexity index is 313. The zero-order valence-corrected chi connectivity index (χ0v) is 10.8. The molecule has 0 aromatic heterocycles. The second-order valence-electron chi connectivity index (χ2n) is 4.33. The van der Waals surface area contributed by atoms with Gasteiger partial charge in [0.15, 0.2) is 0 Å². The molecule has 2 heteroatoms. The third kappa shape index (κ3) is 2.74. The van der Waals surface area contributed by atoms with Crippen LogP contribution in [-0.2, 0) is 5.41 Å². The molecule has 0 N–H and O–H groups in total. The standard InChI is InChI=1S/C12H17BrO/c1-5-14-11-8-9(12(2,3)4)6-7-10(11)13/h6-8H,5H2,1-4H3. The van der Waals surface area contributed by atoms with Gasteiger partial charge in [-0.15, -0.1) is 0 Å². The van der Waals surface area contributed by atoms with Crippen molar-refractivity contribution in [3.8, 4) is 5.75 Å². The van der Waals surface area contributed by atoms with Gasteiger partial charge in [-0.3, -0.25) is 0 Å². The average molecular weight is 257 g/mol. The van der Waals surface area contributed by atoms with Gasteiger partial charge in [0.1, 0.15) is 5.75 Å². The average Bonchev–Trinajstić information content (AvgIpc) is 2.07. The van der Waals surface area contributed by atoms with Crippen molar-refractivity contribution < 1.29 is 4.74 Å². The lowest BCUT2D eigenvalue weighted by molar-refractivity contribution is 0.337. The first-order chi connectivity index (χ1) is 6.45. The van der Waals surface area contributed by atoms with Crippen LogP contribution < -0.4 is 4.74 Å². The molecule has 0 aliphatic heterocycles. The number of hydrogen-bond donors (Lipinski definition) is 0. The molecule has 0 saturated heterocycles. The van der Waals surface area contributed by atoms with Crippen LogP contribution in [0.25, 0.3) is 0 Å². The van der Waals surface area contributed by atoms with E-state index in [1.54, 1.807) is 0 Å². The topological polar surface area (TPSA) is 9.23 Å². The van der Waals surface area contributed by atoms with Crippen molar-refractivity contribution in [3.05, 3.63) is 28.2 Å². The van der Waals surface area contributed by atoms with E-state index in [1.165, 1.54) is 5.56 Å². The predicted molar refractivity (Wildman–Crippen MR) is 64.0 cm³/mol. The van der Waals surface area contributed by atoms with E-state index in [-0.39, 0.29) is 5.41 Å². The minimum atomic E-state index is 0.173. The summed E-state index contributed by atoms with van der Waals surface area (Å²) in [5.74, 6) is 0.930. The summed E-state index contributed by atoms with van der Waals surface area (Å²) < 4.78 is 6.55. The molecule has 1 nitrogen and oxygen atoms in total. The summed E-state index contributed by atoms with van der Waals surface area (Å²) >= 11 is 3.47. The highest BCUT2D eigenvalue weighted by Gasteiger charge is 2.15. The van der Waals surface area contributed by atoms with Gasteiger partial charge in [-0.25, -0.2) is 0 Å². The highest BCUT2D eigenvalue weighted by molar-refractivity contribution is 9.10. The maximum Gasteiger partial charge on any atom is 0.133 e. The highest BCUT2D eigenvalue weighted by atomic mass is 79.9. The Morgan fingerprint density at radius 1 is 1.29 bits per heavy atom. The maximum absolute atomic E-state index is 5.53. The lowest BCUT2D eigenvalue weighted by Gasteiger charge is -2.20. The molecule has 1 rings (SSSR count). The first kappa shape index (κ1) is 11.6. The first-order valence-corrected chi connectivity index (χ1v) is 5.67. The molecular weight excluding hydrogens is 240 g/mol. The third-order valence-corrected chi connectivity index (χ3v) is 2.75. The van der Waals surface area contributed by atoms with Crippen LogP contribution in [0.15, 0.2) is 22.7 Å². The fourth-order valence-corrected chi connectivity index (χ4v) is 1.60. The van der Waals surface area contributed by atoms with E-state index in [9.17, 15) is 0 Å². The zero-order valence-electron chi connectivity index (χ0n) is 9.23. The largest absolute Gasteiger partial charge is 0.493 e. The molecule has 0 fully saturated rings. The summed E-state index contributed by atoms with van der Waals surface area (Å²) in [5.41, 5.74) is 1.47. The molecule has 14 heavy (non-hydrogen) atoms. The summed E-state index contributed by atoms with van der Waals surface area (Å²) in [6, 6.07) is 6.28.